The number of rotatable bonds is 5. The number of nitrogens with two attached hydrogens (primary N) is 2. The van der Waals surface area contributed by atoms with E-state index >= 15 is 0 Å². The third-order valence-electron chi connectivity index (χ3n) is 3.01. The zero-order valence-electron chi connectivity index (χ0n) is 11.5. The molecule has 0 aliphatic heterocycles. The van der Waals surface area contributed by atoms with Crippen molar-refractivity contribution in [1.82, 2.24) is 0 Å². The predicted molar refractivity (Wildman–Crippen MR) is 73.5 cm³/mol. The van der Waals surface area contributed by atoms with Crippen LogP contribution in [0.3, 0.4) is 0 Å². The van der Waals surface area contributed by atoms with Crippen molar-refractivity contribution < 1.29 is 26.3 Å². The summed E-state index contributed by atoms with van der Waals surface area (Å²) in [4.78, 5) is 0. The SMILES string of the molecule is Cl.NCCCC[C@@H](N)c1cc(C(F)(F)F)cc(C(F)(F)F)c1. The number of halogens is 7. The molecule has 0 unspecified atom stereocenters. The van der Waals surface area contributed by atoms with E-state index in [0.29, 0.717) is 31.5 Å². The maximum atomic E-state index is 12.7. The summed E-state index contributed by atoms with van der Waals surface area (Å²) < 4.78 is 76.1. The Labute approximate surface area is 130 Å². The number of unbranched alkanes of at least 4 members (excludes halogenated alkanes) is 1. The lowest BCUT2D eigenvalue weighted by molar-refractivity contribution is -0.143. The highest BCUT2D eigenvalue weighted by Gasteiger charge is 2.37. The maximum absolute atomic E-state index is 12.7. The first-order valence-corrected chi connectivity index (χ1v) is 6.30. The molecule has 2 nitrogen and oxygen atoms in total. The molecule has 0 bridgehead atoms. The highest BCUT2D eigenvalue weighted by atomic mass is 35.5. The molecule has 9 heteroatoms. The first-order chi connectivity index (χ1) is 9.55. The van der Waals surface area contributed by atoms with Gasteiger partial charge in [0.2, 0.25) is 0 Å². The first kappa shape index (κ1) is 21.0. The van der Waals surface area contributed by atoms with Crippen LogP contribution in [0.4, 0.5) is 26.3 Å². The zero-order chi connectivity index (χ0) is 16.3. The van der Waals surface area contributed by atoms with Gasteiger partial charge in [-0.3, -0.25) is 0 Å². The molecular formula is C13H17ClF6N2. The summed E-state index contributed by atoms with van der Waals surface area (Å²) in [6.45, 7) is 0.392. The Bertz CT molecular complexity index is 440. The van der Waals surface area contributed by atoms with Crippen molar-refractivity contribution in [2.24, 2.45) is 11.5 Å². The molecule has 0 heterocycles. The summed E-state index contributed by atoms with van der Waals surface area (Å²) in [5, 5.41) is 0. The highest BCUT2D eigenvalue weighted by Crippen LogP contribution is 2.37. The molecule has 0 amide bonds. The zero-order valence-corrected chi connectivity index (χ0v) is 12.3. The summed E-state index contributed by atoms with van der Waals surface area (Å²) in [6, 6.07) is 0.542. The van der Waals surface area contributed by atoms with Crippen LogP contribution in [0.5, 0.6) is 0 Å². The molecule has 0 aromatic heterocycles. The van der Waals surface area contributed by atoms with Crippen molar-refractivity contribution >= 4 is 12.4 Å². The lowest BCUT2D eigenvalue weighted by atomic mass is 9.97. The normalized spacial score (nSPS) is 13.6. The van der Waals surface area contributed by atoms with E-state index in [1.807, 2.05) is 0 Å². The molecule has 0 aliphatic rings. The molecule has 0 radical (unpaired) electrons. The van der Waals surface area contributed by atoms with Gasteiger partial charge >= 0.3 is 12.4 Å². The van der Waals surface area contributed by atoms with E-state index in [9.17, 15) is 26.3 Å². The number of hydrogen-bond donors (Lipinski definition) is 2. The van der Waals surface area contributed by atoms with E-state index in [2.05, 4.69) is 0 Å². The second-order valence-electron chi connectivity index (χ2n) is 4.73. The van der Waals surface area contributed by atoms with Gasteiger partial charge in [0.1, 0.15) is 0 Å². The highest BCUT2D eigenvalue weighted by molar-refractivity contribution is 5.85. The quantitative estimate of drug-likeness (QED) is 0.615. The van der Waals surface area contributed by atoms with Crippen molar-refractivity contribution in [3.05, 3.63) is 34.9 Å². The molecule has 0 saturated heterocycles. The van der Waals surface area contributed by atoms with Crippen LogP contribution in [0, 0.1) is 0 Å². The minimum atomic E-state index is -4.85. The fraction of sp³-hybridized carbons (Fsp3) is 0.538. The van der Waals surface area contributed by atoms with Crippen LogP contribution in [0.2, 0.25) is 0 Å². The van der Waals surface area contributed by atoms with E-state index in [1.165, 1.54) is 0 Å². The summed E-state index contributed by atoms with van der Waals surface area (Å²) >= 11 is 0. The predicted octanol–water partition coefficient (Wildman–Crippen LogP) is 4.27. The van der Waals surface area contributed by atoms with Crippen LogP contribution in [-0.4, -0.2) is 6.54 Å². The van der Waals surface area contributed by atoms with Gasteiger partial charge in [0.25, 0.3) is 0 Å². The molecule has 1 aromatic carbocycles. The van der Waals surface area contributed by atoms with Gasteiger partial charge in [0.15, 0.2) is 0 Å². The first-order valence-electron chi connectivity index (χ1n) is 6.30. The van der Waals surface area contributed by atoms with Crippen LogP contribution in [0.15, 0.2) is 18.2 Å². The van der Waals surface area contributed by atoms with E-state index in [1.54, 1.807) is 0 Å². The molecule has 4 N–H and O–H groups in total. The molecule has 0 fully saturated rings. The van der Waals surface area contributed by atoms with Gasteiger partial charge in [-0.25, -0.2) is 0 Å². The second-order valence-corrected chi connectivity index (χ2v) is 4.73. The van der Waals surface area contributed by atoms with Crippen molar-refractivity contribution in [3.8, 4) is 0 Å². The Hall–Kier alpha value is -0.990. The summed E-state index contributed by atoms with van der Waals surface area (Å²) in [7, 11) is 0. The van der Waals surface area contributed by atoms with Gasteiger partial charge in [-0.1, -0.05) is 6.42 Å². The van der Waals surface area contributed by atoms with Crippen LogP contribution in [0.25, 0.3) is 0 Å². The van der Waals surface area contributed by atoms with Gasteiger partial charge in [-0.2, -0.15) is 26.3 Å². The minimum absolute atomic E-state index is 0. The van der Waals surface area contributed by atoms with E-state index in [-0.39, 0.29) is 30.5 Å². The van der Waals surface area contributed by atoms with E-state index in [4.69, 9.17) is 11.5 Å². The third kappa shape index (κ3) is 6.02. The van der Waals surface area contributed by atoms with Crippen LogP contribution >= 0.6 is 12.4 Å². The molecule has 22 heavy (non-hydrogen) atoms. The molecule has 1 aromatic rings. The Morgan fingerprint density at radius 3 is 1.68 bits per heavy atom. The molecule has 128 valence electrons. The Morgan fingerprint density at radius 1 is 0.864 bits per heavy atom. The largest absolute Gasteiger partial charge is 0.416 e. The Balaban J connectivity index is 0.00000441. The number of alkyl halides is 6. The average molecular weight is 351 g/mol. The fourth-order valence-electron chi connectivity index (χ4n) is 1.87. The summed E-state index contributed by atoms with van der Waals surface area (Å²) in [5.41, 5.74) is 8.10. The van der Waals surface area contributed by atoms with Gasteiger partial charge < -0.3 is 11.5 Å². The molecule has 0 aliphatic carbocycles. The van der Waals surface area contributed by atoms with Gasteiger partial charge in [0.05, 0.1) is 11.1 Å². The van der Waals surface area contributed by atoms with E-state index < -0.39 is 29.5 Å². The van der Waals surface area contributed by atoms with Crippen molar-refractivity contribution in [3.63, 3.8) is 0 Å². The smallest absolute Gasteiger partial charge is 0.330 e. The van der Waals surface area contributed by atoms with E-state index in [0.717, 1.165) is 0 Å². The standard InChI is InChI=1S/C13H16F6N2.ClH/c14-12(15,16)9-5-8(11(21)3-1-2-4-20)6-10(7-9)13(17,18)19;/h5-7,11H,1-4,20-21H2;1H/t11-;/m1./s1. The van der Waals surface area contributed by atoms with Crippen LogP contribution < -0.4 is 11.5 Å². The number of hydrogen-bond acceptors (Lipinski definition) is 2. The van der Waals surface area contributed by atoms with Gasteiger partial charge in [-0.15, -0.1) is 12.4 Å². The lowest BCUT2D eigenvalue weighted by Crippen LogP contribution is -2.16. The van der Waals surface area contributed by atoms with Crippen LogP contribution in [-0.2, 0) is 12.4 Å². The average Bonchev–Trinajstić information content (AvgIpc) is 2.36. The number of benzene rings is 1. The van der Waals surface area contributed by atoms with Crippen LogP contribution in [0.1, 0.15) is 42.0 Å². The van der Waals surface area contributed by atoms with Crippen molar-refractivity contribution in [2.75, 3.05) is 6.54 Å². The summed E-state index contributed by atoms with van der Waals surface area (Å²) in [5.74, 6) is 0. The molecule has 1 atom stereocenters. The minimum Gasteiger partial charge on any atom is -0.330 e. The molecule has 1 rings (SSSR count). The fourth-order valence-corrected chi connectivity index (χ4v) is 1.87. The van der Waals surface area contributed by atoms with Crippen molar-refractivity contribution in [1.29, 1.82) is 0 Å². The van der Waals surface area contributed by atoms with Gasteiger partial charge in [0, 0.05) is 6.04 Å². The monoisotopic (exact) mass is 350 g/mol. The molecular weight excluding hydrogens is 334 g/mol. The third-order valence-corrected chi connectivity index (χ3v) is 3.01. The van der Waals surface area contributed by atoms with Gasteiger partial charge in [-0.05, 0) is 43.1 Å². The topological polar surface area (TPSA) is 52.0 Å². The Kier molecular flexibility index (Phi) is 7.67. The Morgan fingerprint density at radius 2 is 1.32 bits per heavy atom. The second kappa shape index (κ2) is 8.03. The molecule has 0 saturated carbocycles. The maximum Gasteiger partial charge on any atom is 0.416 e. The molecule has 0 spiro atoms. The van der Waals surface area contributed by atoms with Crippen molar-refractivity contribution in [2.45, 2.75) is 37.7 Å². The lowest BCUT2D eigenvalue weighted by Gasteiger charge is -2.18. The summed E-state index contributed by atoms with van der Waals surface area (Å²) in [6.07, 6.45) is -8.29.